The number of benzene rings is 3. The molecule has 3 rings (SSSR count). The lowest BCUT2D eigenvalue weighted by Gasteiger charge is -2.11. The Labute approximate surface area is 178 Å². The summed E-state index contributed by atoms with van der Waals surface area (Å²) in [6.07, 6.45) is 0. The highest BCUT2D eigenvalue weighted by Crippen LogP contribution is 2.21. The van der Waals surface area contributed by atoms with E-state index < -0.39 is 10.0 Å². The van der Waals surface area contributed by atoms with Crippen molar-refractivity contribution in [3.63, 3.8) is 0 Å². The summed E-state index contributed by atoms with van der Waals surface area (Å²) >= 11 is 2.12. The standard InChI is InChI=1S/C21H19IN2O3S/c1-14-7-12-18(19(22)13-14)21(25)23-16-8-10-17(11-9-16)28(26,27)24-20-6-4-3-5-15(20)2/h3-13,24H,1-2H3,(H,23,25). The molecule has 0 saturated heterocycles. The maximum absolute atomic E-state index is 12.6. The van der Waals surface area contributed by atoms with Crippen LogP contribution in [0.2, 0.25) is 0 Å². The normalized spacial score (nSPS) is 11.1. The lowest BCUT2D eigenvalue weighted by Crippen LogP contribution is -2.15. The number of sulfonamides is 1. The molecule has 0 unspecified atom stereocenters. The molecular weight excluding hydrogens is 487 g/mol. The van der Waals surface area contributed by atoms with Crippen LogP contribution in [-0.4, -0.2) is 14.3 Å². The first-order valence-electron chi connectivity index (χ1n) is 8.52. The molecule has 0 fully saturated rings. The Morgan fingerprint density at radius 3 is 2.25 bits per heavy atom. The van der Waals surface area contributed by atoms with Gasteiger partial charge in [-0.25, -0.2) is 8.42 Å². The summed E-state index contributed by atoms with van der Waals surface area (Å²) in [7, 11) is -3.71. The maximum Gasteiger partial charge on any atom is 0.261 e. The molecule has 3 aromatic carbocycles. The van der Waals surface area contributed by atoms with Crippen LogP contribution < -0.4 is 10.0 Å². The Bertz CT molecular complexity index is 1130. The molecule has 0 heterocycles. The number of carbonyl (C=O) groups is 1. The van der Waals surface area contributed by atoms with Gasteiger partial charge in [0.25, 0.3) is 15.9 Å². The second-order valence-corrected chi connectivity index (χ2v) is 9.23. The minimum atomic E-state index is -3.71. The van der Waals surface area contributed by atoms with E-state index in [1.165, 1.54) is 12.1 Å². The highest BCUT2D eigenvalue weighted by Gasteiger charge is 2.16. The first kappa shape index (κ1) is 20.3. The van der Waals surface area contributed by atoms with Crippen LogP contribution in [0.4, 0.5) is 11.4 Å². The number of hydrogen-bond acceptors (Lipinski definition) is 3. The zero-order chi connectivity index (χ0) is 20.3. The molecule has 0 radical (unpaired) electrons. The minimum absolute atomic E-state index is 0.124. The number of aryl methyl sites for hydroxylation is 2. The predicted molar refractivity (Wildman–Crippen MR) is 120 cm³/mol. The molecule has 0 atom stereocenters. The zero-order valence-corrected chi connectivity index (χ0v) is 18.3. The average molecular weight is 506 g/mol. The van der Waals surface area contributed by atoms with Crippen molar-refractivity contribution in [3.05, 3.63) is 87.0 Å². The van der Waals surface area contributed by atoms with Crippen LogP contribution in [0.25, 0.3) is 0 Å². The van der Waals surface area contributed by atoms with Crippen molar-refractivity contribution in [1.82, 2.24) is 0 Å². The molecular formula is C21H19IN2O3S. The number of halogens is 1. The molecule has 0 spiro atoms. The minimum Gasteiger partial charge on any atom is -0.322 e. The third-order valence-corrected chi connectivity index (χ3v) is 6.46. The monoisotopic (exact) mass is 506 g/mol. The van der Waals surface area contributed by atoms with Gasteiger partial charge < -0.3 is 5.32 Å². The smallest absolute Gasteiger partial charge is 0.261 e. The van der Waals surface area contributed by atoms with Crippen LogP contribution in [0.1, 0.15) is 21.5 Å². The first-order valence-corrected chi connectivity index (χ1v) is 11.1. The van der Waals surface area contributed by atoms with Gasteiger partial charge in [0.15, 0.2) is 0 Å². The third kappa shape index (κ3) is 4.71. The highest BCUT2D eigenvalue weighted by molar-refractivity contribution is 14.1. The van der Waals surface area contributed by atoms with E-state index in [-0.39, 0.29) is 10.8 Å². The summed E-state index contributed by atoms with van der Waals surface area (Å²) < 4.78 is 28.6. The van der Waals surface area contributed by atoms with E-state index in [1.54, 1.807) is 30.3 Å². The van der Waals surface area contributed by atoms with E-state index in [2.05, 4.69) is 32.6 Å². The van der Waals surface area contributed by atoms with Gasteiger partial charge in [0, 0.05) is 9.26 Å². The molecule has 144 valence electrons. The van der Waals surface area contributed by atoms with Gasteiger partial charge in [-0.3, -0.25) is 9.52 Å². The Hall–Kier alpha value is -2.39. The lowest BCUT2D eigenvalue weighted by atomic mass is 10.1. The number of para-hydroxylation sites is 1. The molecule has 0 aliphatic heterocycles. The van der Waals surface area contributed by atoms with E-state index in [9.17, 15) is 13.2 Å². The Kier molecular flexibility index (Phi) is 6.04. The van der Waals surface area contributed by atoms with Crippen LogP contribution in [0, 0.1) is 17.4 Å². The van der Waals surface area contributed by atoms with Crippen molar-refractivity contribution in [2.24, 2.45) is 0 Å². The van der Waals surface area contributed by atoms with Gasteiger partial charge in [-0.05, 0) is 84.5 Å². The van der Waals surface area contributed by atoms with Gasteiger partial charge in [0.2, 0.25) is 0 Å². The molecule has 7 heteroatoms. The van der Waals surface area contributed by atoms with Crippen LogP contribution in [0.15, 0.2) is 71.6 Å². The van der Waals surface area contributed by atoms with E-state index in [1.807, 2.05) is 38.1 Å². The van der Waals surface area contributed by atoms with Gasteiger partial charge >= 0.3 is 0 Å². The number of anilines is 2. The molecule has 0 aliphatic carbocycles. The van der Waals surface area contributed by atoms with Crippen LogP contribution in [0.3, 0.4) is 0 Å². The van der Waals surface area contributed by atoms with Gasteiger partial charge in [0.05, 0.1) is 16.1 Å². The summed E-state index contributed by atoms with van der Waals surface area (Å²) in [5.41, 5.74) is 3.55. The molecule has 28 heavy (non-hydrogen) atoms. The largest absolute Gasteiger partial charge is 0.322 e. The third-order valence-electron chi connectivity index (χ3n) is 4.18. The molecule has 0 saturated carbocycles. The maximum atomic E-state index is 12.6. The van der Waals surface area contributed by atoms with Crippen molar-refractivity contribution in [2.75, 3.05) is 10.0 Å². The van der Waals surface area contributed by atoms with Gasteiger partial charge in [-0.15, -0.1) is 0 Å². The molecule has 0 aliphatic rings. The van der Waals surface area contributed by atoms with Crippen molar-refractivity contribution in [3.8, 4) is 0 Å². The summed E-state index contributed by atoms with van der Waals surface area (Å²) in [6, 6.07) is 18.8. The Balaban J connectivity index is 1.76. The quantitative estimate of drug-likeness (QED) is 0.481. The number of hydrogen-bond donors (Lipinski definition) is 2. The summed E-state index contributed by atoms with van der Waals surface area (Å²) in [5, 5.41) is 2.80. The zero-order valence-electron chi connectivity index (χ0n) is 15.4. The molecule has 5 nitrogen and oxygen atoms in total. The Morgan fingerprint density at radius 1 is 0.929 bits per heavy atom. The summed E-state index contributed by atoms with van der Waals surface area (Å²) in [5.74, 6) is -0.238. The number of carbonyl (C=O) groups excluding carboxylic acids is 1. The second kappa shape index (κ2) is 8.32. The molecule has 2 N–H and O–H groups in total. The van der Waals surface area contributed by atoms with Gasteiger partial charge in [-0.2, -0.15) is 0 Å². The van der Waals surface area contributed by atoms with E-state index >= 15 is 0 Å². The molecule has 1 amide bonds. The van der Waals surface area contributed by atoms with Crippen LogP contribution in [0.5, 0.6) is 0 Å². The second-order valence-electron chi connectivity index (χ2n) is 6.38. The van der Waals surface area contributed by atoms with Crippen LogP contribution in [-0.2, 0) is 10.0 Å². The molecule has 3 aromatic rings. The van der Waals surface area contributed by atoms with Gasteiger partial charge in [-0.1, -0.05) is 29.8 Å². The number of rotatable bonds is 5. The summed E-state index contributed by atoms with van der Waals surface area (Å²) in [4.78, 5) is 12.6. The Morgan fingerprint density at radius 2 is 1.61 bits per heavy atom. The van der Waals surface area contributed by atoms with E-state index in [0.29, 0.717) is 16.9 Å². The fraction of sp³-hybridized carbons (Fsp3) is 0.0952. The predicted octanol–water partition coefficient (Wildman–Crippen LogP) is 4.96. The van der Waals surface area contributed by atoms with E-state index in [4.69, 9.17) is 0 Å². The molecule has 0 bridgehead atoms. The SMILES string of the molecule is Cc1ccc(C(=O)Nc2ccc(S(=O)(=O)Nc3ccccc3C)cc2)c(I)c1. The first-order chi connectivity index (χ1) is 13.3. The fourth-order valence-electron chi connectivity index (χ4n) is 2.61. The average Bonchev–Trinajstić information content (AvgIpc) is 2.64. The van der Waals surface area contributed by atoms with Crippen molar-refractivity contribution in [2.45, 2.75) is 18.7 Å². The number of amides is 1. The van der Waals surface area contributed by atoms with Crippen molar-refractivity contribution < 1.29 is 13.2 Å². The topological polar surface area (TPSA) is 75.3 Å². The number of nitrogens with one attached hydrogen (secondary N) is 2. The van der Waals surface area contributed by atoms with Crippen molar-refractivity contribution >= 4 is 49.9 Å². The highest BCUT2D eigenvalue weighted by atomic mass is 127. The van der Waals surface area contributed by atoms with Crippen molar-refractivity contribution in [1.29, 1.82) is 0 Å². The van der Waals surface area contributed by atoms with Gasteiger partial charge in [0.1, 0.15) is 0 Å². The van der Waals surface area contributed by atoms with E-state index in [0.717, 1.165) is 14.7 Å². The molecule has 0 aromatic heterocycles. The summed E-state index contributed by atoms with van der Waals surface area (Å²) in [6.45, 7) is 3.80. The lowest BCUT2D eigenvalue weighted by molar-refractivity contribution is 0.102. The fourth-order valence-corrected chi connectivity index (χ4v) is 4.66. The van der Waals surface area contributed by atoms with Crippen LogP contribution >= 0.6 is 22.6 Å².